The van der Waals surface area contributed by atoms with E-state index in [0.717, 1.165) is 24.1 Å². The number of esters is 1. The van der Waals surface area contributed by atoms with Gasteiger partial charge in [-0.3, -0.25) is 19.6 Å². The molecule has 130 valence electrons. The van der Waals surface area contributed by atoms with E-state index in [2.05, 4.69) is 15.3 Å². The number of nitrogens with one attached hydrogen (secondary N) is 1. The summed E-state index contributed by atoms with van der Waals surface area (Å²) < 4.78 is 4.80. The molecular weight excluding hydrogens is 318 g/mol. The number of carbonyl (C=O) groups is 2. The van der Waals surface area contributed by atoms with Gasteiger partial charge in [-0.05, 0) is 43.5 Å². The first-order valence-electron chi connectivity index (χ1n) is 8.28. The minimum atomic E-state index is -0.922. The summed E-state index contributed by atoms with van der Waals surface area (Å²) in [5.74, 6) is -0.294. The van der Waals surface area contributed by atoms with Gasteiger partial charge < -0.3 is 10.1 Å². The standard InChI is InChI=1S/C19H21N3O3/c1-19(11-16(23)25-2,14-5-3-9-20-12-14)22-18(24)15-6-4-10-21-17(15)13-7-8-13/h3-6,9-10,12-13H,7-8,11H2,1-2H3,(H,22,24). The Morgan fingerprint density at radius 2 is 2.04 bits per heavy atom. The molecule has 0 radical (unpaired) electrons. The summed E-state index contributed by atoms with van der Waals surface area (Å²) in [6.45, 7) is 1.80. The largest absolute Gasteiger partial charge is 0.469 e. The van der Waals surface area contributed by atoms with Crippen molar-refractivity contribution in [3.05, 3.63) is 59.7 Å². The van der Waals surface area contributed by atoms with Crippen LogP contribution >= 0.6 is 0 Å². The molecule has 1 fully saturated rings. The predicted octanol–water partition coefficient (Wildman–Crippen LogP) is 2.56. The number of amides is 1. The molecular formula is C19H21N3O3. The zero-order valence-corrected chi connectivity index (χ0v) is 14.4. The van der Waals surface area contributed by atoms with Gasteiger partial charge >= 0.3 is 5.97 Å². The second kappa shape index (κ2) is 7.01. The second-order valence-corrected chi connectivity index (χ2v) is 6.49. The molecule has 1 aliphatic rings. The lowest BCUT2D eigenvalue weighted by Gasteiger charge is -2.30. The highest BCUT2D eigenvalue weighted by Gasteiger charge is 2.35. The third-order valence-electron chi connectivity index (χ3n) is 4.46. The van der Waals surface area contributed by atoms with Crippen molar-refractivity contribution < 1.29 is 14.3 Å². The first-order chi connectivity index (χ1) is 12.0. The van der Waals surface area contributed by atoms with E-state index in [1.165, 1.54) is 7.11 Å². The van der Waals surface area contributed by atoms with E-state index in [0.29, 0.717) is 11.5 Å². The van der Waals surface area contributed by atoms with Crippen LogP contribution in [-0.2, 0) is 15.1 Å². The quantitative estimate of drug-likeness (QED) is 0.818. The van der Waals surface area contributed by atoms with Gasteiger partial charge in [-0.25, -0.2) is 0 Å². The number of hydrogen-bond donors (Lipinski definition) is 1. The minimum Gasteiger partial charge on any atom is -0.469 e. The Labute approximate surface area is 146 Å². The van der Waals surface area contributed by atoms with Gasteiger partial charge in [0.2, 0.25) is 0 Å². The van der Waals surface area contributed by atoms with Crippen LogP contribution in [0.3, 0.4) is 0 Å². The Morgan fingerprint density at radius 3 is 2.68 bits per heavy atom. The maximum absolute atomic E-state index is 12.9. The van der Waals surface area contributed by atoms with Crippen LogP contribution < -0.4 is 5.32 Å². The number of pyridine rings is 2. The summed E-state index contributed by atoms with van der Waals surface area (Å²) in [6, 6.07) is 7.14. The van der Waals surface area contributed by atoms with Crippen LogP contribution in [0.4, 0.5) is 0 Å². The van der Waals surface area contributed by atoms with Crippen LogP contribution in [0, 0.1) is 0 Å². The number of methoxy groups -OCH3 is 1. The van der Waals surface area contributed by atoms with Crippen LogP contribution in [0.15, 0.2) is 42.9 Å². The fourth-order valence-electron chi connectivity index (χ4n) is 2.88. The third-order valence-corrected chi connectivity index (χ3v) is 4.46. The molecule has 0 aliphatic heterocycles. The van der Waals surface area contributed by atoms with Crippen LogP contribution in [0.2, 0.25) is 0 Å². The fourth-order valence-corrected chi connectivity index (χ4v) is 2.88. The molecule has 25 heavy (non-hydrogen) atoms. The molecule has 1 amide bonds. The minimum absolute atomic E-state index is 0.0138. The molecule has 6 heteroatoms. The summed E-state index contributed by atoms with van der Waals surface area (Å²) >= 11 is 0. The van der Waals surface area contributed by atoms with Crippen LogP contribution in [-0.4, -0.2) is 29.0 Å². The lowest BCUT2D eigenvalue weighted by atomic mass is 9.89. The second-order valence-electron chi connectivity index (χ2n) is 6.49. The van der Waals surface area contributed by atoms with Crippen molar-refractivity contribution in [3.63, 3.8) is 0 Å². The van der Waals surface area contributed by atoms with Gasteiger partial charge in [0.05, 0.1) is 30.3 Å². The molecule has 1 N–H and O–H groups in total. The molecule has 1 unspecified atom stereocenters. The maximum Gasteiger partial charge on any atom is 0.308 e. The zero-order chi connectivity index (χ0) is 17.9. The Morgan fingerprint density at radius 1 is 1.28 bits per heavy atom. The summed E-state index contributed by atoms with van der Waals surface area (Å²) in [6.07, 6.45) is 7.13. The number of carbonyl (C=O) groups excluding carboxylic acids is 2. The molecule has 2 aromatic rings. The number of nitrogens with zero attached hydrogens (tertiary/aromatic N) is 2. The van der Waals surface area contributed by atoms with E-state index in [1.54, 1.807) is 43.7 Å². The van der Waals surface area contributed by atoms with Gasteiger partial charge in [-0.15, -0.1) is 0 Å². The van der Waals surface area contributed by atoms with E-state index in [4.69, 9.17) is 4.74 Å². The van der Waals surface area contributed by atoms with E-state index in [1.807, 2.05) is 6.07 Å². The van der Waals surface area contributed by atoms with Crippen molar-refractivity contribution in [2.45, 2.75) is 37.6 Å². The third kappa shape index (κ3) is 3.84. The first kappa shape index (κ1) is 17.1. The van der Waals surface area contributed by atoms with Gasteiger partial charge in [0.1, 0.15) is 0 Å². The molecule has 0 bridgehead atoms. The Bertz CT molecular complexity index is 774. The molecule has 2 aromatic heterocycles. The molecule has 2 heterocycles. The van der Waals surface area contributed by atoms with Crippen molar-refractivity contribution in [2.75, 3.05) is 7.11 Å². The monoisotopic (exact) mass is 339 g/mol. The van der Waals surface area contributed by atoms with E-state index < -0.39 is 11.5 Å². The molecule has 6 nitrogen and oxygen atoms in total. The average molecular weight is 339 g/mol. The maximum atomic E-state index is 12.9. The van der Waals surface area contributed by atoms with E-state index >= 15 is 0 Å². The normalized spacial score (nSPS) is 15.9. The van der Waals surface area contributed by atoms with Crippen LogP contribution in [0.5, 0.6) is 0 Å². The Kier molecular flexibility index (Phi) is 4.79. The van der Waals surface area contributed by atoms with Crippen molar-refractivity contribution in [3.8, 4) is 0 Å². The number of aromatic nitrogens is 2. The fraction of sp³-hybridized carbons (Fsp3) is 0.368. The van der Waals surface area contributed by atoms with E-state index in [9.17, 15) is 9.59 Å². The average Bonchev–Trinajstić information content (AvgIpc) is 3.47. The predicted molar refractivity (Wildman–Crippen MR) is 91.9 cm³/mol. The highest BCUT2D eigenvalue weighted by molar-refractivity contribution is 5.96. The number of ether oxygens (including phenoxy) is 1. The van der Waals surface area contributed by atoms with Gasteiger partial charge in [0.15, 0.2) is 0 Å². The van der Waals surface area contributed by atoms with Crippen molar-refractivity contribution in [2.24, 2.45) is 0 Å². The Hall–Kier alpha value is -2.76. The van der Waals surface area contributed by atoms with Crippen LogP contribution in [0.25, 0.3) is 0 Å². The van der Waals surface area contributed by atoms with Gasteiger partial charge in [-0.2, -0.15) is 0 Å². The molecule has 3 rings (SSSR count). The smallest absolute Gasteiger partial charge is 0.308 e. The number of rotatable bonds is 6. The summed E-state index contributed by atoms with van der Waals surface area (Å²) in [5, 5.41) is 2.99. The van der Waals surface area contributed by atoms with Gasteiger partial charge in [0.25, 0.3) is 5.91 Å². The highest BCUT2D eigenvalue weighted by atomic mass is 16.5. The number of hydrogen-bond acceptors (Lipinski definition) is 5. The first-order valence-corrected chi connectivity index (χ1v) is 8.28. The summed E-state index contributed by atoms with van der Waals surface area (Å²) in [5.41, 5.74) is 1.21. The van der Waals surface area contributed by atoms with Crippen molar-refractivity contribution in [1.82, 2.24) is 15.3 Å². The zero-order valence-electron chi connectivity index (χ0n) is 14.4. The molecule has 1 saturated carbocycles. The Balaban J connectivity index is 1.90. The van der Waals surface area contributed by atoms with Crippen molar-refractivity contribution in [1.29, 1.82) is 0 Å². The molecule has 0 spiro atoms. The van der Waals surface area contributed by atoms with E-state index in [-0.39, 0.29) is 12.3 Å². The molecule has 1 atom stereocenters. The summed E-state index contributed by atoms with van der Waals surface area (Å²) in [4.78, 5) is 33.3. The topological polar surface area (TPSA) is 81.2 Å². The molecule has 0 saturated heterocycles. The van der Waals surface area contributed by atoms with Crippen LogP contribution in [0.1, 0.15) is 53.7 Å². The lowest BCUT2D eigenvalue weighted by molar-refractivity contribution is -0.142. The molecule has 0 aromatic carbocycles. The van der Waals surface area contributed by atoms with Gasteiger partial charge in [0, 0.05) is 24.5 Å². The summed E-state index contributed by atoms with van der Waals surface area (Å²) in [7, 11) is 1.33. The molecule has 1 aliphatic carbocycles. The SMILES string of the molecule is COC(=O)CC(C)(NC(=O)c1cccnc1C1CC1)c1cccnc1. The highest BCUT2D eigenvalue weighted by Crippen LogP contribution is 2.40. The lowest BCUT2D eigenvalue weighted by Crippen LogP contribution is -2.45. The van der Waals surface area contributed by atoms with Crippen molar-refractivity contribution >= 4 is 11.9 Å². The van der Waals surface area contributed by atoms with Gasteiger partial charge in [-0.1, -0.05) is 6.07 Å².